The fourth-order valence-electron chi connectivity index (χ4n) is 1.83. The van der Waals surface area contributed by atoms with E-state index in [1.807, 2.05) is 6.92 Å². The number of rotatable bonds is 5. The van der Waals surface area contributed by atoms with Crippen molar-refractivity contribution >= 4 is 28.7 Å². The van der Waals surface area contributed by atoms with Gasteiger partial charge in [0.1, 0.15) is 5.75 Å². The summed E-state index contributed by atoms with van der Waals surface area (Å²) in [7, 11) is 0. The van der Waals surface area contributed by atoms with Gasteiger partial charge in [-0.25, -0.2) is 0 Å². The highest BCUT2D eigenvalue weighted by Gasteiger charge is 2.28. The summed E-state index contributed by atoms with van der Waals surface area (Å²) in [6.45, 7) is 2.24. The summed E-state index contributed by atoms with van der Waals surface area (Å²) in [5, 5.41) is -0.347. The molecule has 2 amide bonds. The van der Waals surface area contributed by atoms with Crippen molar-refractivity contribution in [2.24, 2.45) is 0 Å². The van der Waals surface area contributed by atoms with E-state index in [0.717, 1.165) is 16.7 Å². The average Bonchev–Trinajstić information content (AvgIpc) is 2.44. The summed E-state index contributed by atoms with van der Waals surface area (Å²) in [6, 6.07) is 6.68. The number of carbonyl (C=O) groups excluding carboxylic acids is 3. The van der Waals surface area contributed by atoms with E-state index >= 15 is 0 Å². The number of benzene rings is 1. The lowest BCUT2D eigenvalue weighted by Crippen LogP contribution is -2.41. The van der Waals surface area contributed by atoms with Gasteiger partial charge in [-0.2, -0.15) is 0 Å². The smallest absolute Gasteiger partial charge is 0.288 e. The van der Waals surface area contributed by atoms with E-state index in [1.165, 1.54) is 0 Å². The molecule has 1 heterocycles. The Balaban J connectivity index is 2.03. The van der Waals surface area contributed by atoms with Crippen molar-refractivity contribution < 1.29 is 19.1 Å². The summed E-state index contributed by atoms with van der Waals surface area (Å²) < 4.78 is 5.29. The minimum atomic E-state index is -0.347. The third-order valence-electron chi connectivity index (χ3n) is 2.85. The van der Waals surface area contributed by atoms with Gasteiger partial charge in [0.15, 0.2) is 5.78 Å². The van der Waals surface area contributed by atoms with Gasteiger partial charge in [0.05, 0.1) is 13.2 Å². The first kappa shape index (κ1) is 14.6. The molecule has 0 aliphatic carbocycles. The van der Waals surface area contributed by atoms with Gasteiger partial charge in [0, 0.05) is 17.7 Å². The second kappa shape index (κ2) is 6.56. The van der Waals surface area contributed by atoms with Crippen LogP contribution in [0.5, 0.6) is 5.75 Å². The summed E-state index contributed by atoms with van der Waals surface area (Å²) in [4.78, 5) is 36.3. The predicted molar refractivity (Wildman–Crippen MR) is 76.1 cm³/mol. The van der Waals surface area contributed by atoms with Crippen LogP contribution < -0.4 is 4.74 Å². The maximum Gasteiger partial charge on any atom is 0.288 e. The van der Waals surface area contributed by atoms with Crippen molar-refractivity contribution in [1.82, 2.24) is 4.90 Å². The molecule has 1 fully saturated rings. The Morgan fingerprint density at radius 2 is 2.00 bits per heavy atom. The molecular formula is C14H15NO4S. The second-order valence-electron chi connectivity index (χ2n) is 4.22. The first-order valence-corrected chi connectivity index (χ1v) is 7.33. The number of thioether (sulfide) groups is 1. The van der Waals surface area contributed by atoms with Crippen LogP contribution in [0.3, 0.4) is 0 Å². The number of amides is 2. The first-order chi connectivity index (χ1) is 9.61. The third-order valence-corrected chi connectivity index (χ3v) is 3.73. The van der Waals surface area contributed by atoms with Gasteiger partial charge in [-0.3, -0.25) is 19.3 Å². The lowest BCUT2D eigenvalue weighted by Gasteiger charge is -2.23. The van der Waals surface area contributed by atoms with Crippen molar-refractivity contribution in [1.29, 1.82) is 0 Å². The standard InChI is InChI=1S/C14H15NO4S/c1-2-19-11-5-3-10(4-6-11)12(16)9-15-13(17)7-8-20-14(15)18/h3-6H,2,7-9H2,1H3. The highest BCUT2D eigenvalue weighted by Crippen LogP contribution is 2.19. The Kier molecular flexibility index (Phi) is 4.79. The fraction of sp³-hybridized carbons (Fsp3) is 0.357. The molecule has 2 rings (SSSR count). The number of hydrogen-bond acceptors (Lipinski definition) is 5. The van der Waals surface area contributed by atoms with Crippen LogP contribution in [0, 0.1) is 0 Å². The van der Waals surface area contributed by atoms with Crippen LogP contribution in [0.25, 0.3) is 0 Å². The molecule has 0 radical (unpaired) electrons. The molecule has 0 spiro atoms. The molecule has 0 unspecified atom stereocenters. The van der Waals surface area contributed by atoms with Crippen molar-refractivity contribution in [3.63, 3.8) is 0 Å². The minimum Gasteiger partial charge on any atom is -0.494 e. The van der Waals surface area contributed by atoms with Crippen LogP contribution in [0.15, 0.2) is 24.3 Å². The number of carbonyl (C=O) groups is 3. The Bertz CT molecular complexity index is 510. The molecular weight excluding hydrogens is 278 g/mol. The van der Waals surface area contributed by atoms with Crippen LogP contribution in [-0.2, 0) is 4.79 Å². The van der Waals surface area contributed by atoms with Crippen LogP contribution in [0.1, 0.15) is 23.7 Å². The molecule has 1 aromatic rings. The zero-order valence-corrected chi connectivity index (χ0v) is 11.9. The highest BCUT2D eigenvalue weighted by molar-refractivity contribution is 8.13. The number of hydrogen-bond donors (Lipinski definition) is 0. The monoisotopic (exact) mass is 293 g/mol. The Morgan fingerprint density at radius 3 is 2.60 bits per heavy atom. The van der Waals surface area contributed by atoms with Gasteiger partial charge in [-0.1, -0.05) is 11.8 Å². The van der Waals surface area contributed by atoms with Gasteiger partial charge >= 0.3 is 0 Å². The van der Waals surface area contributed by atoms with Crippen LogP contribution in [-0.4, -0.2) is 40.7 Å². The largest absolute Gasteiger partial charge is 0.494 e. The summed E-state index contributed by atoms with van der Waals surface area (Å²) in [5.41, 5.74) is 0.463. The number of nitrogens with zero attached hydrogens (tertiary/aromatic N) is 1. The van der Waals surface area contributed by atoms with Crippen LogP contribution >= 0.6 is 11.8 Å². The molecule has 0 bridgehead atoms. The third kappa shape index (κ3) is 3.39. The van der Waals surface area contributed by atoms with Crippen LogP contribution in [0.4, 0.5) is 4.79 Å². The summed E-state index contributed by atoms with van der Waals surface area (Å²) in [6.07, 6.45) is 0.299. The Morgan fingerprint density at radius 1 is 1.30 bits per heavy atom. The zero-order chi connectivity index (χ0) is 14.5. The fourth-order valence-corrected chi connectivity index (χ4v) is 2.61. The van der Waals surface area contributed by atoms with E-state index in [0.29, 0.717) is 30.1 Å². The van der Waals surface area contributed by atoms with Gasteiger partial charge in [-0.05, 0) is 31.2 Å². The molecule has 0 N–H and O–H groups in total. The normalized spacial score (nSPS) is 15.3. The lowest BCUT2D eigenvalue weighted by molar-refractivity contribution is -0.127. The van der Waals surface area contributed by atoms with E-state index in [9.17, 15) is 14.4 Å². The summed E-state index contributed by atoms with van der Waals surface area (Å²) in [5.74, 6) is 0.640. The second-order valence-corrected chi connectivity index (χ2v) is 5.27. The van der Waals surface area contributed by atoms with Crippen LogP contribution in [0.2, 0.25) is 0 Å². The van der Waals surface area contributed by atoms with E-state index in [2.05, 4.69) is 0 Å². The van der Waals surface area contributed by atoms with E-state index in [1.54, 1.807) is 24.3 Å². The molecule has 0 atom stereocenters. The molecule has 106 valence electrons. The van der Waals surface area contributed by atoms with Crippen molar-refractivity contribution in [3.8, 4) is 5.75 Å². The molecule has 6 heteroatoms. The van der Waals surface area contributed by atoms with Crippen molar-refractivity contribution in [3.05, 3.63) is 29.8 Å². The molecule has 1 aliphatic rings. The van der Waals surface area contributed by atoms with Gasteiger partial charge in [0.2, 0.25) is 5.91 Å². The minimum absolute atomic E-state index is 0.196. The quantitative estimate of drug-likeness (QED) is 0.780. The molecule has 20 heavy (non-hydrogen) atoms. The highest BCUT2D eigenvalue weighted by atomic mass is 32.2. The first-order valence-electron chi connectivity index (χ1n) is 6.35. The van der Waals surface area contributed by atoms with E-state index in [-0.39, 0.29) is 23.5 Å². The lowest BCUT2D eigenvalue weighted by atomic mass is 10.1. The topological polar surface area (TPSA) is 63.7 Å². The molecule has 1 aromatic carbocycles. The molecule has 0 aromatic heterocycles. The Labute approximate surface area is 121 Å². The van der Waals surface area contributed by atoms with E-state index in [4.69, 9.17) is 4.74 Å². The maximum absolute atomic E-state index is 12.1. The number of ketones is 1. The van der Waals surface area contributed by atoms with Gasteiger partial charge in [-0.15, -0.1) is 0 Å². The van der Waals surface area contributed by atoms with Gasteiger partial charge < -0.3 is 4.74 Å². The zero-order valence-electron chi connectivity index (χ0n) is 11.1. The SMILES string of the molecule is CCOc1ccc(C(=O)CN2C(=O)CCSC2=O)cc1. The molecule has 5 nitrogen and oxygen atoms in total. The maximum atomic E-state index is 12.1. The van der Waals surface area contributed by atoms with Crippen molar-refractivity contribution in [2.45, 2.75) is 13.3 Å². The average molecular weight is 293 g/mol. The summed E-state index contributed by atoms with van der Waals surface area (Å²) >= 11 is 1.07. The molecule has 1 saturated heterocycles. The molecule has 0 saturated carbocycles. The number of ether oxygens (including phenoxy) is 1. The Hall–Kier alpha value is -1.82. The number of imide groups is 1. The number of Topliss-reactive ketones (excluding diaryl/α,β-unsaturated/α-hetero) is 1. The molecule has 1 aliphatic heterocycles. The van der Waals surface area contributed by atoms with Gasteiger partial charge in [0.25, 0.3) is 5.24 Å². The van der Waals surface area contributed by atoms with Crippen molar-refractivity contribution in [2.75, 3.05) is 18.9 Å². The van der Waals surface area contributed by atoms with E-state index < -0.39 is 0 Å². The predicted octanol–water partition coefficient (Wildman–Crippen LogP) is 2.35.